The molecule has 2 aromatic carbocycles. The molecule has 8 unspecified atom stereocenters. The first-order valence-electron chi connectivity index (χ1n) is 18.6. The second-order valence-corrected chi connectivity index (χ2v) is 18.4. The van der Waals surface area contributed by atoms with Crippen LogP contribution in [0.3, 0.4) is 0 Å². The van der Waals surface area contributed by atoms with Gasteiger partial charge in [0.15, 0.2) is 0 Å². The van der Waals surface area contributed by atoms with Gasteiger partial charge in [0.25, 0.3) is 0 Å². The number of hydrogen-bond donors (Lipinski definition) is 0. The van der Waals surface area contributed by atoms with Gasteiger partial charge in [-0.25, -0.2) is 12.2 Å². The van der Waals surface area contributed by atoms with E-state index in [1.807, 2.05) is 12.2 Å². The van der Waals surface area contributed by atoms with E-state index in [2.05, 4.69) is 201 Å². The van der Waals surface area contributed by atoms with Gasteiger partial charge >= 0.3 is 112 Å². The van der Waals surface area contributed by atoms with Crippen LogP contribution >= 0.6 is 0 Å². The van der Waals surface area contributed by atoms with E-state index in [9.17, 15) is 0 Å². The molecule has 0 aliphatic heterocycles. The summed E-state index contributed by atoms with van der Waals surface area (Å²) in [7, 11) is 0. The first kappa shape index (κ1) is 36.9. The van der Waals surface area contributed by atoms with Gasteiger partial charge in [-0.1, -0.05) is 115 Å². The molecule has 0 radical (unpaired) electrons. The molecule has 50 heavy (non-hydrogen) atoms. The Bertz CT molecular complexity index is 1780. The molecule has 0 aromatic heterocycles. The Morgan fingerprint density at radius 2 is 1.18 bits per heavy atom. The molecule has 8 atom stereocenters. The third-order valence-electron chi connectivity index (χ3n) is 15.1. The van der Waals surface area contributed by atoms with Gasteiger partial charge in [0.2, 0.25) is 0 Å². The van der Waals surface area contributed by atoms with Crippen molar-refractivity contribution in [1.82, 2.24) is 0 Å². The van der Waals surface area contributed by atoms with E-state index in [-0.39, 0.29) is 37.9 Å². The summed E-state index contributed by atoms with van der Waals surface area (Å²) in [5, 5.41) is 0. The predicted octanol–water partition coefficient (Wildman–Crippen LogP) is 12.1. The molecule has 0 nitrogen and oxygen atoms in total. The van der Waals surface area contributed by atoms with Crippen molar-refractivity contribution in [3.8, 4) is 0 Å². The summed E-state index contributed by atoms with van der Waals surface area (Å²) in [5.74, 6) is 0.460. The monoisotopic (exact) mass is 734 g/mol. The zero-order chi connectivity index (χ0) is 35.9. The van der Waals surface area contributed by atoms with Crippen LogP contribution in [0.25, 0.3) is 0 Å². The molecular formula is C49H56Zr. The quantitative estimate of drug-likeness (QED) is 0.274. The molecule has 2 saturated carbocycles. The van der Waals surface area contributed by atoms with E-state index in [1.54, 1.807) is 27.4 Å². The summed E-state index contributed by atoms with van der Waals surface area (Å²) in [6, 6.07) is 21.4. The predicted molar refractivity (Wildman–Crippen MR) is 211 cm³/mol. The molecule has 8 rings (SSSR count). The van der Waals surface area contributed by atoms with Crippen molar-refractivity contribution in [2.24, 2.45) is 43.8 Å². The molecule has 6 aliphatic rings. The summed E-state index contributed by atoms with van der Waals surface area (Å²) >= 11 is 1.55. The molecule has 256 valence electrons. The average Bonchev–Trinajstić information content (AvgIpc) is 3.75. The number of benzene rings is 2. The fraction of sp³-hybridized carbons (Fsp3) is 0.388. The normalized spacial score (nSPS) is 39.2. The molecule has 0 amide bonds. The molecule has 2 fully saturated rings. The van der Waals surface area contributed by atoms with Gasteiger partial charge in [-0.2, -0.15) is 6.08 Å². The summed E-state index contributed by atoms with van der Waals surface area (Å²) in [4.78, 5) is 0. The van der Waals surface area contributed by atoms with E-state index in [0.717, 1.165) is 19.3 Å². The van der Waals surface area contributed by atoms with Gasteiger partial charge < -0.3 is 6.42 Å². The van der Waals surface area contributed by atoms with E-state index in [4.69, 9.17) is 0 Å². The zero-order valence-corrected chi connectivity index (χ0v) is 34.1. The summed E-state index contributed by atoms with van der Waals surface area (Å²) in [5.41, 5.74) is 4.58. The minimum atomic E-state index is 0.00615. The molecule has 2 aromatic rings. The summed E-state index contributed by atoms with van der Waals surface area (Å²) in [6.07, 6.45) is 41.5. The maximum absolute atomic E-state index is 2.99. The Morgan fingerprint density at radius 1 is 0.680 bits per heavy atom. The third-order valence-corrected chi connectivity index (χ3v) is 16.0. The minimum absolute atomic E-state index is 0.00615. The fourth-order valence-corrected chi connectivity index (χ4v) is 12.3. The van der Waals surface area contributed by atoms with Crippen molar-refractivity contribution in [2.75, 3.05) is 0 Å². The van der Waals surface area contributed by atoms with Crippen molar-refractivity contribution in [3.63, 3.8) is 0 Å². The van der Waals surface area contributed by atoms with Crippen molar-refractivity contribution in [3.05, 3.63) is 175 Å². The van der Waals surface area contributed by atoms with E-state index in [1.165, 1.54) is 16.7 Å². The van der Waals surface area contributed by atoms with Crippen LogP contribution in [-0.4, -0.2) is 3.21 Å². The second-order valence-electron chi connectivity index (χ2n) is 16.6. The van der Waals surface area contributed by atoms with E-state index < -0.39 is 0 Å². The topological polar surface area (TPSA) is 0 Å². The number of rotatable bonds is 4. The first-order chi connectivity index (χ1) is 23.7. The van der Waals surface area contributed by atoms with Crippen LogP contribution in [0.5, 0.6) is 0 Å². The Labute approximate surface area is 319 Å². The average molecular weight is 736 g/mol. The number of fused-ring (bicyclic) bond motifs is 8. The van der Waals surface area contributed by atoms with Gasteiger partial charge in [-0.15, -0.1) is 23.8 Å². The third kappa shape index (κ3) is 5.19. The van der Waals surface area contributed by atoms with E-state index >= 15 is 0 Å². The molecule has 0 heterocycles. The van der Waals surface area contributed by atoms with Crippen LogP contribution in [-0.2, 0) is 37.1 Å². The van der Waals surface area contributed by atoms with Gasteiger partial charge in [0, 0.05) is 10.8 Å². The first-order valence-corrected chi connectivity index (χ1v) is 19.8. The van der Waals surface area contributed by atoms with Crippen LogP contribution < -0.4 is 0 Å². The Hall–Kier alpha value is -2.89. The van der Waals surface area contributed by atoms with Crippen LogP contribution in [0.15, 0.2) is 151 Å². The van der Waals surface area contributed by atoms with Gasteiger partial charge in [0.1, 0.15) is 0 Å². The molecular weight excluding hydrogens is 680 g/mol. The van der Waals surface area contributed by atoms with Crippen LogP contribution in [0.4, 0.5) is 0 Å². The van der Waals surface area contributed by atoms with Crippen molar-refractivity contribution >= 4 is 3.21 Å². The van der Waals surface area contributed by atoms with Crippen LogP contribution in [0.1, 0.15) is 72.9 Å². The number of hydrogen-bond acceptors (Lipinski definition) is 0. The Kier molecular flexibility index (Phi) is 10.0. The maximum atomic E-state index is 2.99. The van der Waals surface area contributed by atoms with Gasteiger partial charge in [-0.05, 0) is 28.6 Å². The van der Waals surface area contributed by atoms with Crippen molar-refractivity contribution in [2.45, 2.75) is 74.7 Å². The SMILES string of the molecule is CC1=CC=CC2[CH-]C3(C)C4(C)C=CC=CC4(C)C4(C)C=CC=CC4(C)C3(C)C12C.[C-]1=CC=CC1.[Zr+2]=[C](Cc1ccccc1)Cc1ccccc1. The van der Waals surface area contributed by atoms with Gasteiger partial charge in [-0.3, -0.25) is 6.08 Å². The Morgan fingerprint density at radius 3 is 1.66 bits per heavy atom. The summed E-state index contributed by atoms with van der Waals surface area (Å²) < 4.78 is 1.60. The molecule has 0 saturated heterocycles. The zero-order valence-electron chi connectivity index (χ0n) is 31.6. The Balaban J connectivity index is 0.000000171. The molecule has 6 aliphatic carbocycles. The van der Waals surface area contributed by atoms with E-state index in [0.29, 0.717) is 5.92 Å². The summed E-state index contributed by atoms with van der Waals surface area (Å²) in [6.45, 7) is 20.3. The second kappa shape index (κ2) is 13.6. The van der Waals surface area contributed by atoms with Crippen LogP contribution in [0.2, 0.25) is 0 Å². The van der Waals surface area contributed by atoms with Gasteiger partial charge in [0.05, 0.1) is 0 Å². The molecule has 0 bridgehead atoms. The molecule has 1 heteroatoms. The molecule has 0 N–H and O–H groups in total. The standard InChI is InChI=1S/C29H37.C15H14.C5H5.Zr/c1-21-14-13-15-22-20-27(6)25(4)18-10-9-16-23(25,2)24(3)17-11-12-19-26(24,5)29(27,8)28(21,22)7;1-3-8-14(9-4-1)12-7-13-15-10-5-2-6-11-15;1-2-4-5-3-1;/h9-20,22H,1-8H3;1-6,8-11H,12-13H2;1-3H,4H2;/q-1;;-1;+2. The van der Waals surface area contributed by atoms with Crippen LogP contribution in [0, 0.1) is 56.3 Å². The van der Waals surface area contributed by atoms with Crippen molar-refractivity contribution in [1.29, 1.82) is 0 Å². The molecule has 0 spiro atoms. The fourth-order valence-electron chi connectivity index (χ4n) is 11.3. The van der Waals surface area contributed by atoms with Crippen molar-refractivity contribution < 1.29 is 24.2 Å². The number of allylic oxidation sites excluding steroid dienone is 16.